The molecular weight excluding hydrogens is 305 g/mol. The van der Waals surface area contributed by atoms with Gasteiger partial charge in [0.15, 0.2) is 0 Å². The average molecular weight is 329 g/mol. The summed E-state index contributed by atoms with van der Waals surface area (Å²) in [7, 11) is -3.23. The van der Waals surface area contributed by atoms with E-state index in [0.29, 0.717) is 51.5 Å². The van der Waals surface area contributed by atoms with E-state index in [9.17, 15) is 9.36 Å². The highest BCUT2D eigenvalue weighted by Gasteiger charge is 2.37. The van der Waals surface area contributed by atoms with Crippen molar-refractivity contribution in [2.45, 2.75) is 25.9 Å². The number of allylic oxidation sites excluding steroid dienone is 3. The number of carbonyl (C=O) groups is 1. The summed E-state index contributed by atoms with van der Waals surface area (Å²) >= 11 is 0. The van der Waals surface area contributed by atoms with Crippen molar-refractivity contribution in [3.05, 3.63) is 23.8 Å². The van der Waals surface area contributed by atoms with E-state index in [1.54, 1.807) is 30.9 Å². The molecular formula is C15H24NO5P. The smallest absolute Gasteiger partial charge is 0.337 e. The molecule has 0 aromatic heterocycles. The lowest BCUT2D eigenvalue weighted by Gasteiger charge is -2.30. The summed E-state index contributed by atoms with van der Waals surface area (Å²) < 4.78 is 28.9. The Morgan fingerprint density at radius 1 is 1.32 bits per heavy atom. The summed E-state index contributed by atoms with van der Waals surface area (Å²) in [5.41, 5.74) is 0.242. The van der Waals surface area contributed by atoms with E-state index in [-0.39, 0.29) is 5.91 Å². The Morgan fingerprint density at radius 2 is 1.95 bits per heavy atom. The Morgan fingerprint density at radius 3 is 2.55 bits per heavy atom. The van der Waals surface area contributed by atoms with Gasteiger partial charge in [0.2, 0.25) is 5.91 Å². The molecule has 0 radical (unpaired) electrons. The van der Waals surface area contributed by atoms with Gasteiger partial charge in [0.25, 0.3) is 0 Å². The number of amides is 1. The van der Waals surface area contributed by atoms with Crippen LogP contribution < -0.4 is 0 Å². The monoisotopic (exact) mass is 329 g/mol. The van der Waals surface area contributed by atoms with E-state index in [4.69, 9.17) is 13.8 Å². The fourth-order valence-electron chi connectivity index (χ4n) is 2.60. The first-order valence-corrected chi connectivity index (χ1v) is 9.35. The van der Waals surface area contributed by atoms with E-state index in [1.165, 1.54) is 0 Å². The number of carbonyl (C=O) groups excluding carboxylic acids is 1. The molecule has 1 fully saturated rings. The zero-order chi connectivity index (χ0) is 16.0. The average Bonchev–Trinajstić information content (AvgIpc) is 2.55. The van der Waals surface area contributed by atoms with E-state index in [0.717, 1.165) is 0 Å². The summed E-state index contributed by atoms with van der Waals surface area (Å²) in [4.78, 5) is 14.3. The van der Waals surface area contributed by atoms with Gasteiger partial charge in [-0.3, -0.25) is 9.36 Å². The van der Waals surface area contributed by atoms with Crippen LogP contribution in [0.15, 0.2) is 23.8 Å². The van der Waals surface area contributed by atoms with Crippen molar-refractivity contribution in [3.63, 3.8) is 0 Å². The minimum atomic E-state index is -3.23. The van der Waals surface area contributed by atoms with Crippen LogP contribution in [-0.2, 0) is 23.1 Å². The Hall–Kier alpha value is -0.940. The van der Waals surface area contributed by atoms with Gasteiger partial charge in [0, 0.05) is 18.7 Å². The molecule has 124 valence electrons. The maximum absolute atomic E-state index is 12.8. The molecule has 1 heterocycles. The first-order valence-electron chi connectivity index (χ1n) is 7.74. The molecule has 0 spiro atoms. The quantitative estimate of drug-likeness (QED) is 0.700. The molecule has 0 aromatic carbocycles. The molecule has 7 heteroatoms. The number of rotatable bonds is 6. The molecule has 1 unspecified atom stereocenters. The lowest BCUT2D eigenvalue weighted by Crippen LogP contribution is -2.42. The van der Waals surface area contributed by atoms with Crippen LogP contribution in [0.1, 0.15) is 20.3 Å². The van der Waals surface area contributed by atoms with Crippen molar-refractivity contribution < 1.29 is 23.1 Å². The highest BCUT2D eigenvalue weighted by atomic mass is 31.2. The summed E-state index contributed by atoms with van der Waals surface area (Å²) in [5.74, 6) is -0.0165. The Bertz CT molecular complexity index is 486. The minimum Gasteiger partial charge on any atom is -0.378 e. The topological polar surface area (TPSA) is 65.1 Å². The third-order valence-corrected chi connectivity index (χ3v) is 6.06. The van der Waals surface area contributed by atoms with Gasteiger partial charge in [0.1, 0.15) is 0 Å². The highest BCUT2D eigenvalue weighted by molar-refractivity contribution is 7.54. The molecule has 22 heavy (non-hydrogen) atoms. The second-order valence-electron chi connectivity index (χ2n) is 5.13. The van der Waals surface area contributed by atoms with Gasteiger partial charge in [-0.15, -0.1) is 0 Å². The van der Waals surface area contributed by atoms with Gasteiger partial charge in [0.05, 0.1) is 32.1 Å². The van der Waals surface area contributed by atoms with E-state index >= 15 is 0 Å². The molecule has 0 N–H and O–H groups in total. The molecule has 0 aromatic rings. The molecule has 0 bridgehead atoms. The lowest BCUT2D eigenvalue weighted by atomic mass is 10.0. The molecule has 1 saturated heterocycles. The highest BCUT2D eigenvalue weighted by Crippen LogP contribution is 2.56. The van der Waals surface area contributed by atoms with Crippen LogP contribution in [0, 0.1) is 0 Å². The summed E-state index contributed by atoms with van der Waals surface area (Å²) in [5, 5.41) is 0. The van der Waals surface area contributed by atoms with E-state index in [1.807, 2.05) is 6.08 Å². The van der Waals surface area contributed by atoms with Crippen LogP contribution in [0.5, 0.6) is 0 Å². The normalized spacial score (nSPS) is 22.5. The van der Waals surface area contributed by atoms with E-state index in [2.05, 4.69) is 0 Å². The fraction of sp³-hybridized carbons (Fsp3) is 0.667. The van der Waals surface area contributed by atoms with Crippen molar-refractivity contribution in [2.24, 2.45) is 0 Å². The van der Waals surface area contributed by atoms with Gasteiger partial charge in [-0.1, -0.05) is 18.2 Å². The van der Waals surface area contributed by atoms with Crippen LogP contribution in [0.2, 0.25) is 0 Å². The molecule has 2 aliphatic rings. The van der Waals surface area contributed by atoms with Crippen LogP contribution in [0.3, 0.4) is 0 Å². The SMILES string of the molecule is CCOP(=O)(OCC)C1C=CC=C(C(=O)N2CCOCC2)C1. The van der Waals surface area contributed by atoms with Crippen molar-refractivity contribution >= 4 is 13.5 Å². The fourth-order valence-corrected chi connectivity index (χ4v) is 4.50. The molecule has 6 nitrogen and oxygen atoms in total. The number of ether oxygens (including phenoxy) is 1. The van der Waals surface area contributed by atoms with Crippen LogP contribution >= 0.6 is 7.60 Å². The van der Waals surface area contributed by atoms with Crippen molar-refractivity contribution in [1.29, 1.82) is 0 Å². The van der Waals surface area contributed by atoms with Crippen LogP contribution in [0.4, 0.5) is 0 Å². The van der Waals surface area contributed by atoms with Crippen LogP contribution in [-0.4, -0.2) is 56.0 Å². The van der Waals surface area contributed by atoms with E-state index < -0.39 is 13.3 Å². The standard InChI is InChI=1S/C15H24NO5P/c1-3-20-22(18,21-4-2)14-7-5-6-13(12-14)15(17)16-8-10-19-11-9-16/h5-7,14H,3-4,8-12H2,1-2H3. The van der Waals surface area contributed by atoms with Gasteiger partial charge < -0.3 is 18.7 Å². The first kappa shape index (κ1) is 17.4. The Labute approximate surface area is 131 Å². The second-order valence-corrected chi connectivity index (χ2v) is 7.39. The zero-order valence-corrected chi connectivity index (χ0v) is 14.1. The minimum absolute atomic E-state index is 0.0165. The largest absolute Gasteiger partial charge is 0.378 e. The molecule has 1 atom stereocenters. The van der Waals surface area contributed by atoms with Gasteiger partial charge in [-0.25, -0.2) is 0 Å². The summed E-state index contributed by atoms with van der Waals surface area (Å²) in [6, 6.07) is 0. The Kier molecular flexibility index (Phi) is 6.38. The maximum Gasteiger partial charge on any atom is 0.337 e. The lowest BCUT2D eigenvalue weighted by molar-refractivity contribution is -0.131. The van der Waals surface area contributed by atoms with Crippen LogP contribution in [0.25, 0.3) is 0 Å². The zero-order valence-electron chi connectivity index (χ0n) is 13.2. The summed E-state index contributed by atoms with van der Waals surface area (Å²) in [6.07, 6.45) is 5.75. The third-order valence-electron chi connectivity index (χ3n) is 3.66. The second kappa shape index (κ2) is 8.06. The Balaban J connectivity index is 2.07. The van der Waals surface area contributed by atoms with Crippen molar-refractivity contribution in [2.75, 3.05) is 39.5 Å². The van der Waals surface area contributed by atoms with Crippen molar-refractivity contribution in [1.82, 2.24) is 4.90 Å². The number of nitrogens with zero attached hydrogens (tertiary/aromatic N) is 1. The van der Waals surface area contributed by atoms with Gasteiger partial charge >= 0.3 is 7.60 Å². The number of hydrogen-bond donors (Lipinski definition) is 0. The first-order chi connectivity index (χ1) is 10.6. The molecule has 2 rings (SSSR count). The predicted octanol–water partition coefficient (Wildman–Crippen LogP) is 2.37. The number of morpholine rings is 1. The van der Waals surface area contributed by atoms with Gasteiger partial charge in [-0.05, 0) is 20.3 Å². The summed E-state index contributed by atoms with van der Waals surface area (Å²) in [6.45, 7) is 6.53. The molecule has 0 saturated carbocycles. The molecule has 1 aliphatic heterocycles. The molecule has 1 aliphatic carbocycles. The van der Waals surface area contributed by atoms with Gasteiger partial charge in [-0.2, -0.15) is 0 Å². The number of hydrogen-bond acceptors (Lipinski definition) is 5. The molecule has 1 amide bonds. The third kappa shape index (κ3) is 4.07. The van der Waals surface area contributed by atoms with Crippen molar-refractivity contribution in [3.8, 4) is 0 Å². The maximum atomic E-state index is 12.8. The predicted molar refractivity (Wildman–Crippen MR) is 83.9 cm³/mol.